The van der Waals surface area contributed by atoms with Gasteiger partial charge in [-0.2, -0.15) is 5.10 Å². The van der Waals surface area contributed by atoms with Gasteiger partial charge in [0, 0.05) is 17.3 Å². The first-order chi connectivity index (χ1) is 12.2. The van der Waals surface area contributed by atoms with Crippen LogP contribution in [0.1, 0.15) is 0 Å². The first kappa shape index (κ1) is 15.0. The molecule has 2 aromatic heterocycles. The van der Waals surface area contributed by atoms with Crippen LogP contribution in [0.3, 0.4) is 0 Å². The molecule has 0 bridgehead atoms. The van der Waals surface area contributed by atoms with Crippen molar-refractivity contribution in [3.8, 4) is 39.6 Å². The fourth-order valence-corrected chi connectivity index (χ4v) is 2.80. The van der Waals surface area contributed by atoms with E-state index in [9.17, 15) is 10.2 Å². The minimum Gasteiger partial charge on any atom is -0.508 e. The largest absolute Gasteiger partial charge is 0.508 e. The van der Waals surface area contributed by atoms with Crippen molar-refractivity contribution < 1.29 is 14.9 Å². The van der Waals surface area contributed by atoms with Gasteiger partial charge >= 0.3 is 0 Å². The van der Waals surface area contributed by atoms with Gasteiger partial charge in [0.05, 0.1) is 19.0 Å². The molecule has 0 amide bonds. The maximum absolute atomic E-state index is 10.1. The lowest BCUT2D eigenvalue weighted by molar-refractivity contribution is 0.415. The maximum atomic E-state index is 10.1. The Morgan fingerprint density at radius 2 is 1.76 bits per heavy atom. The summed E-state index contributed by atoms with van der Waals surface area (Å²) in [5, 5.41) is 24.3. The number of aromatic nitrogens is 3. The summed E-state index contributed by atoms with van der Waals surface area (Å²) < 4.78 is 6.83. The second-order valence-corrected chi connectivity index (χ2v) is 5.55. The number of ether oxygens (including phenoxy) is 1. The highest BCUT2D eigenvalue weighted by molar-refractivity contribution is 5.80. The molecule has 0 radical (unpaired) electrons. The molecule has 4 rings (SSSR count). The van der Waals surface area contributed by atoms with Crippen molar-refractivity contribution in [2.75, 3.05) is 7.11 Å². The van der Waals surface area contributed by atoms with Crippen LogP contribution in [0.15, 0.2) is 60.9 Å². The minimum absolute atomic E-state index is 0.0618. The Kier molecular flexibility index (Phi) is 3.50. The zero-order valence-corrected chi connectivity index (χ0v) is 13.4. The number of hydrogen-bond donors (Lipinski definition) is 2. The quantitative estimate of drug-likeness (QED) is 0.561. The topological polar surface area (TPSA) is 79.9 Å². The van der Waals surface area contributed by atoms with E-state index in [1.165, 1.54) is 18.2 Å². The van der Waals surface area contributed by atoms with Crippen LogP contribution in [0.4, 0.5) is 0 Å². The van der Waals surface area contributed by atoms with Crippen LogP contribution >= 0.6 is 0 Å². The average Bonchev–Trinajstić information content (AvgIpc) is 3.08. The average molecular weight is 333 g/mol. The van der Waals surface area contributed by atoms with Gasteiger partial charge in [0.2, 0.25) is 0 Å². The summed E-state index contributed by atoms with van der Waals surface area (Å²) in [7, 11) is 1.62. The molecular formula is C19H15N3O3. The van der Waals surface area contributed by atoms with E-state index in [1.807, 2.05) is 24.3 Å². The molecule has 0 aliphatic carbocycles. The van der Waals surface area contributed by atoms with Crippen molar-refractivity contribution in [1.82, 2.24) is 14.6 Å². The summed E-state index contributed by atoms with van der Waals surface area (Å²) in [6.07, 6.45) is 3.39. The number of nitrogens with zero attached hydrogens (tertiary/aromatic N) is 3. The Bertz CT molecular complexity index is 1060. The zero-order chi connectivity index (χ0) is 17.4. The highest BCUT2D eigenvalue weighted by Crippen LogP contribution is 2.34. The Morgan fingerprint density at radius 1 is 0.960 bits per heavy atom. The van der Waals surface area contributed by atoms with E-state index in [0.717, 1.165) is 16.9 Å². The lowest BCUT2D eigenvalue weighted by Crippen LogP contribution is -1.96. The number of rotatable bonds is 3. The molecule has 2 N–H and O–H groups in total. The second kappa shape index (κ2) is 5.83. The Labute approximate surface area is 143 Å². The fraction of sp³-hybridized carbons (Fsp3) is 0.0526. The highest BCUT2D eigenvalue weighted by atomic mass is 16.5. The SMILES string of the molecule is COc1ccc(-c2cnn3c(-c4cc(O)ccc4O)ccnc23)cc1. The van der Waals surface area contributed by atoms with Crippen molar-refractivity contribution in [3.63, 3.8) is 0 Å². The molecule has 0 fully saturated rings. The first-order valence-corrected chi connectivity index (χ1v) is 7.67. The van der Waals surface area contributed by atoms with Crippen LogP contribution in [0.2, 0.25) is 0 Å². The van der Waals surface area contributed by atoms with Crippen LogP contribution in [-0.2, 0) is 0 Å². The van der Waals surface area contributed by atoms with E-state index < -0.39 is 0 Å². The van der Waals surface area contributed by atoms with Gasteiger partial charge in [-0.3, -0.25) is 0 Å². The van der Waals surface area contributed by atoms with Gasteiger partial charge in [0.15, 0.2) is 5.65 Å². The van der Waals surface area contributed by atoms with Crippen LogP contribution < -0.4 is 4.74 Å². The monoisotopic (exact) mass is 333 g/mol. The number of aromatic hydroxyl groups is 2. The third-order valence-electron chi connectivity index (χ3n) is 4.06. The lowest BCUT2D eigenvalue weighted by atomic mass is 10.1. The highest BCUT2D eigenvalue weighted by Gasteiger charge is 2.14. The predicted octanol–water partition coefficient (Wildman–Crippen LogP) is 3.48. The molecule has 6 heteroatoms. The molecule has 25 heavy (non-hydrogen) atoms. The van der Waals surface area contributed by atoms with Gasteiger partial charge in [0.1, 0.15) is 17.2 Å². The van der Waals surface area contributed by atoms with Gasteiger partial charge in [-0.25, -0.2) is 9.50 Å². The molecular weight excluding hydrogens is 318 g/mol. The Balaban J connectivity index is 1.89. The summed E-state index contributed by atoms with van der Waals surface area (Å²) in [6.45, 7) is 0. The molecule has 2 heterocycles. The normalized spacial score (nSPS) is 10.9. The van der Waals surface area contributed by atoms with E-state index in [2.05, 4.69) is 10.1 Å². The lowest BCUT2D eigenvalue weighted by Gasteiger charge is -2.08. The maximum Gasteiger partial charge on any atom is 0.163 e. The van der Waals surface area contributed by atoms with Gasteiger partial charge < -0.3 is 14.9 Å². The number of benzene rings is 2. The molecule has 6 nitrogen and oxygen atoms in total. The van der Waals surface area contributed by atoms with Crippen LogP contribution in [0.25, 0.3) is 28.0 Å². The number of phenolic OH excluding ortho intramolecular Hbond substituents is 2. The van der Waals surface area contributed by atoms with E-state index in [0.29, 0.717) is 16.9 Å². The summed E-state index contributed by atoms with van der Waals surface area (Å²) in [5.41, 5.74) is 3.60. The van der Waals surface area contributed by atoms with E-state index in [1.54, 1.807) is 30.1 Å². The van der Waals surface area contributed by atoms with E-state index in [4.69, 9.17) is 4.74 Å². The smallest absolute Gasteiger partial charge is 0.163 e. The molecule has 0 spiro atoms. The van der Waals surface area contributed by atoms with Crippen molar-refractivity contribution in [1.29, 1.82) is 0 Å². The number of fused-ring (bicyclic) bond motifs is 1. The van der Waals surface area contributed by atoms with Crippen molar-refractivity contribution >= 4 is 5.65 Å². The van der Waals surface area contributed by atoms with E-state index >= 15 is 0 Å². The number of phenols is 2. The summed E-state index contributed by atoms with van der Waals surface area (Å²) in [5.74, 6) is 0.908. The molecule has 0 saturated carbocycles. The molecule has 2 aromatic carbocycles. The van der Waals surface area contributed by atoms with Crippen molar-refractivity contribution in [3.05, 3.63) is 60.9 Å². The molecule has 124 valence electrons. The minimum atomic E-state index is 0.0618. The second-order valence-electron chi connectivity index (χ2n) is 5.55. The first-order valence-electron chi connectivity index (χ1n) is 7.67. The number of methoxy groups -OCH3 is 1. The third-order valence-corrected chi connectivity index (χ3v) is 4.06. The Hall–Kier alpha value is -3.54. The van der Waals surface area contributed by atoms with Crippen LogP contribution in [-0.4, -0.2) is 31.9 Å². The predicted molar refractivity (Wildman–Crippen MR) is 93.7 cm³/mol. The molecule has 0 aliphatic heterocycles. The molecule has 0 aliphatic rings. The van der Waals surface area contributed by atoms with E-state index in [-0.39, 0.29) is 11.5 Å². The molecule has 0 atom stereocenters. The third kappa shape index (κ3) is 2.53. The zero-order valence-electron chi connectivity index (χ0n) is 13.4. The fourth-order valence-electron chi connectivity index (χ4n) is 2.80. The van der Waals surface area contributed by atoms with Gasteiger partial charge in [0.25, 0.3) is 0 Å². The van der Waals surface area contributed by atoms with Gasteiger partial charge in [-0.15, -0.1) is 0 Å². The van der Waals surface area contributed by atoms with Gasteiger partial charge in [-0.05, 0) is 42.0 Å². The Morgan fingerprint density at radius 3 is 2.52 bits per heavy atom. The van der Waals surface area contributed by atoms with Crippen molar-refractivity contribution in [2.45, 2.75) is 0 Å². The summed E-state index contributed by atoms with van der Waals surface area (Å²) in [4.78, 5) is 4.42. The number of hydrogen-bond acceptors (Lipinski definition) is 5. The van der Waals surface area contributed by atoms with Crippen LogP contribution in [0, 0.1) is 0 Å². The molecule has 0 saturated heterocycles. The summed E-state index contributed by atoms with van der Waals surface area (Å²) in [6, 6.07) is 13.8. The van der Waals surface area contributed by atoms with Crippen molar-refractivity contribution in [2.24, 2.45) is 0 Å². The summed E-state index contributed by atoms with van der Waals surface area (Å²) >= 11 is 0. The van der Waals surface area contributed by atoms with Gasteiger partial charge in [-0.1, -0.05) is 12.1 Å². The standard InChI is InChI=1S/C19H15N3O3/c1-25-14-5-2-12(3-6-14)16-11-21-22-17(8-9-20-19(16)22)15-10-13(23)4-7-18(15)24/h2-11,23-24H,1H3. The molecule has 0 unspecified atom stereocenters. The van der Waals surface area contributed by atoms with Crippen LogP contribution in [0.5, 0.6) is 17.2 Å². The molecule has 4 aromatic rings.